The molecule has 1 rings (SSSR count). The van der Waals surface area contributed by atoms with Crippen molar-refractivity contribution in [1.29, 1.82) is 0 Å². The Hall–Kier alpha value is -1.35. The Morgan fingerprint density at radius 1 is 1.62 bits per heavy atom. The first kappa shape index (κ1) is 12.7. The van der Waals surface area contributed by atoms with Crippen molar-refractivity contribution < 1.29 is 4.74 Å². The average Bonchev–Trinajstić information content (AvgIpc) is 2.35. The largest absolute Gasteiger partial charge is 0.495 e. The molecule has 1 heterocycles. The second-order valence-electron chi connectivity index (χ2n) is 3.77. The van der Waals surface area contributed by atoms with Gasteiger partial charge < -0.3 is 10.1 Å². The maximum atomic E-state index is 5.31. The summed E-state index contributed by atoms with van der Waals surface area (Å²) in [6, 6.07) is 2.23. The first-order valence-corrected chi connectivity index (χ1v) is 5.54. The molecule has 0 aliphatic heterocycles. The highest BCUT2D eigenvalue weighted by molar-refractivity contribution is 5.33. The molecule has 1 N–H and O–H groups in total. The summed E-state index contributed by atoms with van der Waals surface area (Å²) < 4.78 is 5.31. The molecule has 0 radical (unpaired) electrons. The fourth-order valence-corrected chi connectivity index (χ4v) is 1.65. The monoisotopic (exact) mass is 220 g/mol. The van der Waals surface area contributed by atoms with Crippen molar-refractivity contribution in [1.82, 2.24) is 10.3 Å². The molecule has 0 aliphatic rings. The smallest absolute Gasteiger partial charge is 0.141 e. The number of hydrogen-bond donors (Lipinski definition) is 1. The highest BCUT2D eigenvalue weighted by Crippen LogP contribution is 2.28. The lowest BCUT2D eigenvalue weighted by Crippen LogP contribution is -2.17. The highest BCUT2D eigenvalue weighted by Gasteiger charge is 2.14. The van der Waals surface area contributed by atoms with E-state index < -0.39 is 0 Å². The van der Waals surface area contributed by atoms with E-state index in [1.807, 2.05) is 13.1 Å². The maximum Gasteiger partial charge on any atom is 0.141 e. The van der Waals surface area contributed by atoms with Crippen molar-refractivity contribution >= 4 is 0 Å². The molecule has 16 heavy (non-hydrogen) atoms. The molecule has 0 spiro atoms. The molecule has 3 nitrogen and oxygen atoms in total. The van der Waals surface area contributed by atoms with Crippen LogP contribution in [0.2, 0.25) is 0 Å². The molecule has 3 heteroatoms. The standard InChI is InChI=1S/C13H20N2O/c1-5-10(2)8-12(14-3)11-6-7-15-9-13(11)16-4/h6-7,9,12,14H,2,5,8H2,1,3-4H3. The summed E-state index contributed by atoms with van der Waals surface area (Å²) in [7, 11) is 3.62. The second-order valence-corrected chi connectivity index (χ2v) is 3.77. The predicted octanol–water partition coefficient (Wildman–Crippen LogP) is 2.71. The van der Waals surface area contributed by atoms with E-state index in [4.69, 9.17) is 4.74 Å². The van der Waals surface area contributed by atoms with Gasteiger partial charge in [0.1, 0.15) is 5.75 Å². The lowest BCUT2D eigenvalue weighted by Gasteiger charge is -2.19. The first-order valence-electron chi connectivity index (χ1n) is 5.54. The van der Waals surface area contributed by atoms with E-state index in [0.717, 1.165) is 24.2 Å². The van der Waals surface area contributed by atoms with Gasteiger partial charge in [-0.3, -0.25) is 4.98 Å². The zero-order chi connectivity index (χ0) is 12.0. The van der Waals surface area contributed by atoms with Crippen molar-refractivity contribution in [3.63, 3.8) is 0 Å². The summed E-state index contributed by atoms with van der Waals surface area (Å²) in [5.41, 5.74) is 2.37. The quantitative estimate of drug-likeness (QED) is 0.748. The molecule has 0 fully saturated rings. The number of pyridine rings is 1. The number of ether oxygens (including phenoxy) is 1. The Morgan fingerprint density at radius 2 is 2.38 bits per heavy atom. The molecule has 1 unspecified atom stereocenters. The van der Waals surface area contributed by atoms with Crippen molar-refractivity contribution in [3.8, 4) is 5.75 Å². The van der Waals surface area contributed by atoms with E-state index >= 15 is 0 Å². The Balaban J connectivity index is 2.89. The molecule has 1 aromatic rings. The third kappa shape index (κ3) is 3.07. The lowest BCUT2D eigenvalue weighted by molar-refractivity contribution is 0.399. The minimum absolute atomic E-state index is 0.241. The molecule has 0 bridgehead atoms. The van der Waals surface area contributed by atoms with Crippen molar-refractivity contribution in [3.05, 3.63) is 36.2 Å². The molecule has 88 valence electrons. The fraction of sp³-hybridized carbons (Fsp3) is 0.462. The van der Waals surface area contributed by atoms with Crippen molar-refractivity contribution in [2.45, 2.75) is 25.8 Å². The minimum atomic E-state index is 0.241. The van der Waals surface area contributed by atoms with Crippen LogP contribution < -0.4 is 10.1 Å². The number of rotatable bonds is 6. The zero-order valence-corrected chi connectivity index (χ0v) is 10.3. The maximum absolute atomic E-state index is 5.31. The van der Waals surface area contributed by atoms with Gasteiger partial charge in [-0.2, -0.15) is 0 Å². The molecule has 0 amide bonds. The van der Waals surface area contributed by atoms with Gasteiger partial charge in [-0.1, -0.05) is 19.1 Å². The third-order valence-electron chi connectivity index (χ3n) is 2.75. The van der Waals surface area contributed by atoms with E-state index in [2.05, 4.69) is 23.8 Å². The van der Waals surface area contributed by atoms with Gasteiger partial charge in [0, 0.05) is 17.8 Å². The van der Waals surface area contributed by atoms with Crippen LogP contribution in [0.5, 0.6) is 5.75 Å². The summed E-state index contributed by atoms with van der Waals surface area (Å²) in [6.07, 6.45) is 5.46. The molecule has 1 aromatic heterocycles. The van der Waals surface area contributed by atoms with Crippen LogP contribution in [0.3, 0.4) is 0 Å². The molecule has 0 aromatic carbocycles. The highest BCUT2D eigenvalue weighted by atomic mass is 16.5. The first-order chi connectivity index (χ1) is 7.72. The van der Waals surface area contributed by atoms with E-state index in [0.29, 0.717) is 0 Å². The molecule has 0 aliphatic carbocycles. The number of methoxy groups -OCH3 is 1. The normalized spacial score (nSPS) is 12.2. The van der Waals surface area contributed by atoms with Crippen LogP contribution in [0.4, 0.5) is 0 Å². The van der Waals surface area contributed by atoms with Crippen LogP contribution in [-0.2, 0) is 0 Å². The lowest BCUT2D eigenvalue weighted by atomic mass is 9.99. The Bertz CT molecular complexity index is 350. The zero-order valence-electron chi connectivity index (χ0n) is 10.3. The number of aromatic nitrogens is 1. The van der Waals surface area contributed by atoms with E-state index in [-0.39, 0.29) is 6.04 Å². The van der Waals surface area contributed by atoms with Crippen LogP contribution >= 0.6 is 0 Å². The van der Waals surface area contributed by atoms with Gasteiger partial charge in [0.25, 0.3) is 0 Å². The summed E-state index contributed by atoms with van der Waals surface area (Å²) in [5, 5.41) is 3.29. The summed E-state index contributed by atoms with van der Waals surface area (Å²) in [4.78, 5) is 4.06. The Morgan fingerprint density at radius 3 is 2.94 bits per heavy atom. The number of nitrogens with one attached hydrogen (secondary N) is 1. The van der Waals surface area contributed by atoms with Crippen LogP contribution in [0.1, 0.15) is 31.4 Å². The molecule has 1 atom stereocenters. The topological polar surface area (TPSA) is 34.2 Å². The predicted molar refractivity (Wildman–Crippen MR) is 66.6 cm³/mol. The molecule has 0 saturated heterocycles. The van der Waals surface area contributed by atoms with Crippen LogP contribution in [0, 0.1) is 0 Å². The average molecular weight is 220 g/mol. The van der Waals surface area contributed by atoms with Crippen LogP contribution in [0.15, 0.2) is 30.6 Å². The van der Waals surface area contributed by atoms with E-state index in [9.17, 15) is 0 Å². The molecular formula is C13H20N2O. The SMILES string of the molecule is C=C(CC)CC(NC)c1ccncc1OC. The van der Waals surface area contributed by atoms with Gasteiger partial charge >= 0.3 is 0 Å². The van der Waals surface area contributed by atoms with Gasteiger partial charge in [0.05, 0.1) is 13.3 Å². The Labute approximate surface area is 97.5 Å². The van der Waals surface area contributed by atoms with Gasteiger partial charge in [-0.25, -0.2) is 0 Å². The fourth-order valence-electron chi connectivity index (χ4n) is 1.65. The van der Waals surface area contributed by atoms with E-state index in [1.54, 1.807) is 19.5 Å². The van der Waals surface area contributed by atoms with Crippen molar-refractivity contribution in [2.24, 2.45) is 0 Å². The van der Waals surface area contributed by atoms with Gasteiger partial charge in [0.15, 0.2) is 0 Å². The van der Waals surface area contributed by atoms with E-state index in [1.165, 1.54) is 5.57 Å². The van der Waals surface area contributed by atoms with Crippen LogP contribution in [0.25, 0.3) is 0 Å². The van der Waals surface area contributed by atoms with Gasteiger partial charge in [-0.05, 0) is 26.0 Å². The third-order valence-corrected chi connectivity index (χ3v) is 2.75. The number of nitrogens with zero attached hydrogens (tertiary/aromatic N) is 1. The minimum Gasteiger partial charge on any atom is -0.495 e. The summed E-state index contributed by atoms with van der Waals surface area (Å²) in [5.74, 6) is 0.825. The summed E-state index contributed by atoms with van der Waals surface area (Å²) in [6.45, 7) is 6.17. The summed E-state index contributed by atoms with van der Waals surface area (Å²) >= 11 is 0. The van der Waals surface area contributed by atoms with Crippen LogP contribution in [-0.4, -0.2) is 19.1 Å². The number of hydrogen-bond acceptors (Lipinski definition) is 3. The second kappa shape index (κ2) is 6.28. The van der Waals surface area contributed by atoms with Gasteiger partial charge in [0.2, 0.25) is 0 Å². The van der Waals surface area contributed by atoms with Crippen molar-refractivity contribution in [2.75, 3.05) is 14.2 Å². The van der Waals surface area contributed by atoms with Gasteiger partial charge in [-0.15, -0.1) is 0 Å². The Kier molecular flexibility index (Phi) is 4.99. The molecular weight excluding hydrogens is 200 g/mol. The molecule has 0 saturated carbocycles.